The van der Waals surface area contributed by atoms with E-state index in [-0.39, 0.29) is 11.9 Å². The van der Waals surface area contributed by atoms with Crippen LogP contribution in [0.5, 0.6) is 0 Å². The van der Waals surface area contributed by atoms with Gasteiger partial charge in [-0.05, 0) is 43.7 Å². The monoisotopic (exact) mass is 337 g/mol. The molecule has 0 heterocycles. The Bertz CT molecular complexity index is 673. The number of carbonyl (C=O) groups is 1. The zero-order chi connectivity index (χ0) is 16.1. The fraction of sp³-hybridized carbons (Fsp3) is 0.235. The molecule has 0 radical (unpaired) electrons. The van der Waals surface area contributed by atoms with Crippen molar-refractivity contribution in [3.63, 3.8) is 0 Å². The number of aryl methyl sites for hydroxylation is 1. The summed E-state index contributed by atoms with van der Waals surface area (Å²) in [5.41, 5.74) is 2.80. The number of carbonyl (C=O) groups excluding carboxylic acids is 1. The molecule has 0 fully saturated rings. The number of rotatable bonds is 5. The molecule has 0 aliphatic heterocycles. The van der Waals surface area contributed by atoms with Gasteiger partial charge in [0.2, 0.25) is 0 Å². The van der Waals surface area contributed by atoms with Gasteiger partial charge in [0.05, 0.1) is 0 Å². The van der Waals surface area contributed by atoms with Crippen LogP contribution in [0.25, 0.3) is 0 Å². The van der Waals surface area contributed by atoms with Crippen molar-refractivity contribution in [2.45, 2.75) is 19.9 Å². The summed E-state index contributed by atoms with van der Waals surface area (Å²) in [6.45, 7) is 4.30. The maximum Gasteiger partial charge on any atom is 0.279 e. The van der Waals surface area contributed by atoms with Crippen LogP contribution >= 0.6 is 23.2 Å². The second-order valence-corrected chi connectivity index (χ2v) is 6.14. The van der Waals surface area contributed by atoms with Gasteiger partial charge in [-0.3, -0.25) is 4.79 Å². The number of benzene rings is 2. The zero-order valence-corrected chi connectivity index (χ0v) is 14.1. The smallest absolute Gasteiger partial charge is 0.279 e. The number of anilines is 1. The van der Waals surface area contributed by atoms with Gasteiger partial charge in [0.25, 0.3) is 5.91 Å². The van der Waals surface area contributed by atoms with Crippen LogP contribution < -0.4 is 10.6 Å². The first-order chi connectivity index (χ1) is 10.5. The third kappa shape index (κ3) is 4.73. The average Bonchev–Trinajstić information content (AvgIpc) is 2.48. The number of hydrogen-bond donors (Lipinski definition) is 2. The minimum absolute atomic E-state index is 0.0613. The molecule has 0 saturated carbocycles. The first-order valence-electron chi connectivity index (χ1n) is 7.10. The van der Waals surface area contributed by atoms with Crippen molar-refractivity contribution in [2.24, 2.45) is 0 Å². The average molecular weight is 338 g/mol. The van der Waals surface area contributed by atoms with Gasteiger partial charge < -0.3 is 10.6 Å². The maximum atomic E-state index is 12.0. The first kappa shape index (κ1) is 16.8. The third-order valence-electron chi connectivity index (χ3n) is 3.49. The van der Waals surface area contributed by atoms with Gasteiger partial charge in [-0.15, -0.1) is 0 Å². The van der Waals surface area contributed by atoms with Crippen molar-refractivity contribution in [1.82, 2.24) is 0 Å². The van der Waals surface area contributed by atoms with Gasteiger partial charge in [-0.1, -0.05) is 41.4 Å². The Morgan fingerprint density at radius 1 is 1.23 bits per heavy atom. The van der Waals surface area contributed by atoms with E-state index in [0.717, 1.165) is 11.1 Å². The number of quaternary nitrogens is 1. The van der Waals surface area contributed by atoms with E-state index in [4.69, 9.17) is 23.2 Å². The van der Waals surface area contributed by atoms with E-state index >= 15 is 0 Å². The van der Waals surface area contributed by atoms with E-state index in [2.05, 4.69) is 5.32 Å². The molecule has 2 aromatic rings. The molecule has 3 N–H and O–H groups in total. The molecule has 1 atom stereocenters. The number of amides is 1. The van der Waals surface area contributed by atoms with Gasteiger partial charge in [0, 0.05) is 21.3 Å². The molecule has 116 valence electrons. The third-order valence-corrected chi connectivity index (χ3v) is 4.13. The highest BCUT2D eigenvalue weighted by molar-refractivity contribution is 6.31. The van der Waals surface area contributed by atoms with Crippen LogP contribution in [0, 0.1) is 6.92 Å². The Morgan fingerprint density at radius 3 is 2.68 bits per heavy atom. The molecule has 2 rings (SSSR count). The highest BCUT2D eigenvalue weighted by Crippen LogP contribution is 2.19. The lowest BCUT2D eigenvalue weighted by atomic mass is 10.1. The van der Waals surface area contributed by atoms with Gasteiger partial charge in [-0.25, -0.2) is 0 Å². The van der Waals surface area contributed by atoms with Crippen LogP contribution in [-0.2, 0) is 4.79 Å². The second-order valence-electron chi connectivity index (χ2n) is 5.30. The summed E-state index contributed by atoms with van der Waals surface area (Å²) in [6.07, 6.45) is 0. The molecule has 22 heavy (non-hydrogen) atoms. The lowest BCUT2D eigenvalue weighted by molar-refractivity contribution is -0.682. The van der Waals surface area contributed by atoms with Crippen molar-refractivity contribution in [3.8, 4) is 0 Å². The number of halogens is 2. The Kier molecular flexibility index (Phi) is 5.83. The molecule has 0 spiro atoms. The number of nitrogens with two attached hydrogens (primary N) is 1. The summed E-state index contributed by atoms with van der Waals surface area (Å²) in [4.78, 5) is 12.0. The van der Waals surface area contributed by atoms with Crippen molar-refractivity contribution in [1.29, 1.82) is 0 Å². The predicted octanol–water partition coefficient (Wildman–Crippen LogP) is 3.56. The summed E-state index contributed by atoms with van der Waals surface area (Å²) in [7, 11) is 0. The molecule has 1 amide bonds. The Labute approximate surface area is 140 Å². The summed E-state index contributed by atoms with van der Waals surface area (Å²) in [6, 6.07) is 13.3. The zero-order valence-electron chi connectivity index (χ0n) is 12.6. The van der Waals surface area contributed by atoms with Gasteiger partial charge >= 0.3 is 0 Å². The fourth-order valence-corrected chi connectivity index (χ4v) is 2.47. The maximum absolute atomic E-state index is 12.0. The van der Waals surface area contributed by atoms with Crippen molar-refractivity contribution >= 4 is 34.8 Å². The number of nitrogens with one attached hydrogen (secondary N) is 1. The van der Waals surface area contributed by atoms with Crippen LogP contribution in [0.15, 0.2) is 42.5 Å². The van der Waals surface area contributed by atoms with Crippen LogP contribution in [0.1, 0.15) is 24.1 Å². The Balaban J connectivity index is 1.88. The quantitative estimate of drug-likeness (QED) is 0.860. The molecule has 0 aliphatic carbocycles. The minimum atomic E-state index is -0.0613. The molecule has 0 unspecified atom stereocenters. The highest BCUT2D eigenvalue weighted by atomic mass is 35.5. The fourth-order valence-electron chi connectivity index (χ4n) is 2.09. The van der Waals surface area contributed by atoms with Crippen molar-refractivity contribution in [3.05, 3.63) is 63.6 Å². The normalized spacial score (nSPS) is 12.0. The molecular weight excluding hydrogens is 319 g/mol. The predicted molar refractivity (Wildman–Crippen MR) is 91.5 cm³/mol. The topological polar surface area (TPSA) is 45.7 Å². The van der Waals surface area contributed by atoms with Crippen molar-refractivity contribution in [2.75, 3.05) is 11.9 Å². The SMILES string of the molecule is Cc1ccc(NC(=O)C[NH2+][C@H](C)c2cccc(Cl)c2)cc1Cl. The first-order valence-corrected chi connectivity index (χ1v) is 7.86. The van der Waals surface area contributed by atoms with E-state index in [0.29, 0.717) is 22.3 Å². The largest absolute Gasteiger partial charge is 0.333 e. The van der Waals surface area contributed by atoms with Crippen LogP contribution in [-0.4, -0.2) is 12.5 Å². The van der Waals surface area contributed by atoms with E-state index in [1.54, 1.807) is 6.07 Å². The summed E-state index contributed by atoms with van der Waals surface area (Å²) < 4.78 is 0. The minimum Gasteiger partial charge on any atom is -0.333 e. The second kappa shape index (κ2) is 7.63. The van der Waals surface area contributed by atoms with E-state index in [1.165, 1.54) is 0 Å². The molecule has 0 bridgehead atoms. The van der Waals surface area contributed by atoms with E-state index in [1.807, 2.05) is 55.6 Å². The highest BCUT2D eigenvalue weighted by Gasteiger charge is 2.12. The van der Waals surface area contributed by atoms with Gasteiger partial charge in [0.1, 0.15) is 6.04 Å². The van der Waals surface area contributed by atoms with Crippen LogP contribution in [0.4, 0.5) is 5.69 Å². The molecule has 2 aromatic carbocycles. The summed E-state index contributed by atoms with van der Waals surface area (Å²) in [5.74, 6) is -0.0613. The molecular formula is C17H19Cl2N2O+. The lowest BCUT2D eigenvalue weighted by Gasteiger charge is -2.12. The lowest BCUT2D eigenvalue weighted by Crippen LogP contribution is -2.86. The molecule has 0 saturated heterocycles. The molecule has 0 aliphatic rings. The van der Waals surface area contributed by atoms with Gasteiger partial charge in [0.15, 0.2) is 6.54 Å². The van der Waals surface area contributed by atoms with Gasteiger partial charge in [-0.2, -0.15) is 0 Å². The molecule has 5 heteroatoms. The standard InChI is InChI=1S/C17H18Cl2N2O/c1-11-6-7-15(9-16(11)19)21-17(22)10-20-12(2)13-4-3-5-14(18)8-13/h3-9,12,20H,10H2,1-2H3,(H,21,22)/p+1/t12-/m1/s1. The molecule has 3 nitrogen and oxygen atoms in total. The molecule has 0 aromatic heterocycles. The Hall–Kier alpha value is -1.55. The Morgan fingerprint density at radius 2 is 2.00 bits per heavy atom. The number of hydrogen-bond acceptors (Lipinski definition) is 1. The van der Waals surface area contributed by atoms with Crippen LogP contribution in [0.3, 0.4) is 0 Å². The van der Waals surface area contributed by atoms with Crippen LogP contribution in [0.2, 0.25) is 10.0 Å². The summed E-state index contributed by atoms with van der Waals surface area (Å²) in [5, 5.41) is 6.17. The van der Waals surface area contributed by atoms with E-state index < -0.39 is 0 Å². The van der Waals surface area contributed by atoms with E-state index in [9.17, 15) is 4.79 Å². The summed E-state index contributed by atoms with van der Waals surface area (Å²) >= 11 is 12.0. The van der Waals surface area contributed by atoms with Crippen molar-refractivity contribution < 1.29 is 10.1 Å².